The van der Waals surface area contributed by atoms with Gasteiger partial charge in [-0.25, -0.2) is 0 Å². The molecular formula is C23H21N3O4. The van der Waals surface area contributed by atoms with Gasteiger partial charge in [-0.15, -0.1) is 0 Å². The summed E-state index contributed by atoms with van der Waals surface area (Å²) in [6.45, 7) is 5.26. The van der Waals surface area contributed by atoms with Crippen molar-refractivity contribution in [3.8, 4) is 17.7 Å². The third-order valence-corrected chi connectivity index (χ3v) is 4.58. The molecule has 0 aliphatic heterocycles. The van der Waals surface area contributed by atoms with Gasteiger partial charge in [-0.05, 0) is 62.2 Å². The largest absolute Gasteiger partial charge is 0.494 e. The molecular weight excluding hydrogens is 382 g/mol. The Hall–Kier alpha value is -3.92. The second-order valence-corrected chi connectivity index (χ2v) is 7.08. The molecule has 0 unspecified atom stereocenters. The van der Waals surface area contributed by atoms with E-state index in [1.807, 2.05) is 19.9 Å². The summed E-state index contributed by atoms with van der Waals surface area (Å²) in [6, 6.07) is 11.8. The summed E-state index contributed by atoms with van der Waals surface area (Å²) in [7, 11) is 0. The minimum Gasteiger partial charge on any atom is -0.494 e. The van der Waals surface area contributed by atoms with E-state index >= 15 is 0 Å². The number of carbonyl (C=O) groups excluding carboxylic acids is 1. The van der Waals surface area contributed by atoms with E-state index in [4.69, 9.17) is 4.74 Å². The maximum Gasteiger partial charge on any atom is 0.271 e. The van der Waals surface area contributed by atoms with Crippen molar-refractivity contribution in [2.45, 2.75) is 33.4 Å². The van der Waals surface area contributed by atoms with E-state index in [9.17, 15) is 20.0 Å². The molecule has 2 heterocycles. The first-order valence-electron chi connectivity index (χ1n) is 9.40. The van der Waals surface area contributed by atoms with Gasteiger partial charge in [-0.2, -0.15) is 5.26 Å². The molecule has 0 aliphatic carbocycles. The number of ketones is 1. The van der Waals surface area contributed by atoms with Gasteiger partial charge in [0.2, 0.25) is 5.88 Å². The van der Waals surface area contributed by atoms with Gasteiger partial charge in [0.05, 0.1) is 18.2 Å². The lowest BCUT2D eigenvalue weighted by molar-refractivity contribution is 0.103. The summed E-state index contributed by atoms with van der Waals surface area (Å²) in [4.78, 5) is 29.9. The molecule has 0 aliphatic rings. The van der Waals surface area contributed by atoms with Gasteiger partial charge in [0, 0.05) is 18.0 Å². The molecule has 0 amide bonds. The highest BCUT2D eigenvalue weighted by Gasteiger charge is 2.25. The van der Waals surface area contributed by atoms with Crippen LogP contribution in [0.4, 0.5) is 0 Å². The van der Waals surface area contributed by atoms with E-state index in [0.29, 0.717) is 16.9 Å². The molecule has 7 heteroatoms. The van der Waals surface area contributed by atoms with E-state index in [0.717, 1.165) is 4.57 Å². The fraction of sp³-hybridized carbons (Fsp3) is 0.217. The molecule has 152 valence electrons. The molecule has 0 radical (unpaired) electrons. The zero-order chi connectivity index (χ0) is 21.8. The van der Waals surface area contributed by atoms with Gasteiger partial charge in [-0.3, -0.25) is 19.1 Å². The quantitative estimate of drug-likeness (QED) is 0.634. The second-order valence-electron chi connectivity index (χ2n) is 7.08. The Morgan fingerprint density at radius 3 is 2.53 bits per heavy atom. The Morgan fingerprint density at radius 1 is 1.27 bits per heavy atom. The van der Waals surface area contributed by atoms with Crippen LogP contribution >= 0.6 is 0 Å². The number of pyridine rings is 2. The molecule has 3 rings (SSSR count). The van der Waals surface area contributed by atoms with Gasteiger partial charge < -0.3 is 9.84 Å². The monoisotopic (exact) mass is 403 g/mol. The number of nitriles is 1. The molecule has 0 spiro atoms. The van der Waals surface area contributed by atoms with Crippen LogP contribution in [-0.4, -0.2) is 26.5 Å². The van der Waals surface area contributed by atoms with Crippen LogP contribution in [0.3, 0.4) is 0 Å². The van der Waals surface area contributed by atoms with E-state index in [1.165, 1.54) is 6.92 Å². The van der Waals surface area contributed by atoms with Crippen molar-refractivity contribution in [2.75, 3.05) is 0 Å². The van der Waals surface area contributed by atoms with E-state index in [-0.39, 0.29) is 29.3 Å². The Labute approximate surface area is 173 Å². The smallest absolute Gasteiger partial charge is 0.271 e. The molecule has 0 saturated carbocycles. The fourth-order valence-electron chi connectivity index (χ4n) is 3.15. The maximum atomic E-state index is 13.2. The van der Waals surface area contributed by atoms with Crippen LogP contribution in [-0.2, 0) is 6.54 Å². The number of aromatic nitrogens is 2. The Balaban J connectivity index is 2.10. The summed E-state index contributed by atoms with van der Waals surface area (Å²) in [6.07, 6.45) is 3.13. The number of nitrogens with zero attached hydrogens (tertiary/aromatic N) is 3. The van der Waals surface area contributed by atoms with Crippen molar-refractivity contribution in [2.24, 2.45) is 0 Å². The van der Waals surface area contributed by atoms with Crippen LogP contribution in [0, 0.1) is 18.3 Å². The first-order chi connectivity index (χ1) is 14.3. The highest BCUT2D eigenvalue weighted by molar-refractivity contribution is 6.11. The molecule has 0 fully saturated rings. The summed E-state index contributed by atoms with van der Waals surface area (Å²) in [5, 5.41) is 20.3. The predicted octanol–water partition coefficient (Wildman–Crippen LogP) is 3.20. The number of hydrogen-bond acceptors (Lipinski definition) is 6. The minimum absolute atomic E-state index is 0.00735. The highest BCUT2D eigenvalue weighted by Crippen LogP contribution is 2.26. The van der Waals surface area contributed by atoms with Crippen LogP contribution < -0.4 is 10.3 Å². The summed E-state index contributed by atoms with van der Waals surface area (Å²) < 4.78 is 6.60. The van der Waals surface area contributed by atoms with Gasteiger partial charge in [-0.1, -0.05) is 6.07 Å². The van der Waals surface area contributed by atoms with Gasteiger partial charge in [0.1, 0.15) is 17.4 Å². The lowest BCUT2D eigenvalue weighted by Crippen LogP contribution is -2.27. The predicted molar refractivity (Wildman–Crippen MR) is 111 cm³/mol. The molecule has 0 saturated heterocycles. The summed E-state index contributed by atoms with van der Waals surface area (Å²) >= 11 is 0. The van der Waals surface area contributed by atoms with Crippen molar-refractivity contribution in [3.63, 3.8) is 0 Å². The van der Waals surface area contributed by atoms with Gasteiger partial charge in [0.25, 0.3) is 5.56 Å². The van der Waals surface area contributed by atoms with Gasteiger partial charge in [0.15, 0.2) is 5.78 Å². The molecule has 3 aromatic rings. The van der Waals surface area contributed by atoms with Crippen molar-refractivity contribution < 1.29 is 14.6 Å². The fourth-order valence-corrected chi connectivity index (χ4v) is 3.15. The number of hydrogen-bond donors (Lipinski definition) is 1. The molecule has 1 N–H and O–H groups in total. The number of ether oxygens (including phenoxy) is 1. The lowest BCUT2D eigenvalue weighted by Gasteiger charge is -2.16. The number of benzene rings is 1. The van der Waals surface area contributed by atoms with Crippen LogP contribution in [0.1, 0.15) is 46.5 Å². The Kier molecular flexibility index (Phi) is 5.98. The van der Waals surface area contributed by atoms with Crippen molar-refractivity contribution in [3.05, 3.63) is 87.0 Å². The third kappa shape index (κ3) is 4.08. The topological polar surface area (TPSA) is 105 Å². The number of rotatable bonds is 6. The van der Waals surface area contributed by atoms with Crippen LogP contribution in [0.2, 0.25) is 0 Å². The molecule has 1 aromatic carbocycles. The van der Waals surface area contributed by atoms with Crippen molar-refractivity contribution in [1.29, 1.82) is 5.26 Å². The molecule has 2 aromatic heterocycles. The first-order valence-corrected chi connectivity index (χ1v) is 9.40. The molecule has 30 heavy (non-hydrogen) atoms. The van der Waals surface area contributed by atoms with Crippen LogP contribution in [0.5, 0.6) is 11.6 Å². The zero-order valence-corrected chi connectivity index (χ0v) is 16.9. The second kappa shape index (κ2) is 8.62. The maximum absolute atomic E-state index is 13.2. The minimum atomic E-state index is -0.659. The Morgan fingerprint density at radius 2 is 1.97 bits per heavy atom. The third-order valence-electron chi connectivity index (χ3n) is 4.58. The number of aromatic hydroxyl groups is 1. The van der Waals surface area contributed by atoms with Crippen LogP contribution in [0.15, 0.2) is 53.6 Å². The average Bonchev–Trinajstić information content (AvgIpc) is 2.72. The van der Waals surface area contributed by atoms with Gasteiger partial charge >= 0.3 is 0 Å². The SMILES string of the molecule is Cc1c(C(=O)c2ccc(OC(C)C)cc2)c(O)n(Cc2cccnc2)c(=O)c1C#N. The summed E-state index contributed by atoms with van der Waals surface area (Å²) in [5.74, 6) is -0.354. The summed E-state index contributed by atoms with van der Waals surface area (Å²) in [5.41, 5.74) is 0.187. The number of carbonyl (C=O) groups is 1. The van der Waals surface area contributed by atoms with Crippen molar-refractivity contribution >= 4 is 5.78 Å². The average molecular weight is 403 g/mol. The zero-order valence-electron chi connectivity index (χ0n) is 16.9. The standard InChI is InChI=1S/C23H21N3O4/c1-14(2)30-18-8-6-17(7-9-18)21(27)20-15(3)19(11-24)22(28)26(23(20)29)13-16-5-4-10-25-12-16/h4-10,12,14,29H,13H2,1-3H3. The lowest BCUT2D eigenvalue weighted by atomic mass is 9.97. The normalized spacial score (nSPS) is 10.6. The molecule has 0 atom stereocenters. The highest BCUT2D eigenvalue weighted by atomic mass is 16.5. The van der Waals surface area contributed by atoms with Crippen LogP contribution in [0.25, 0.3) is 0 Å². The van der Waals surface area contributed by atoms with E-state index in [2.05, 4.69) is 4.98 Å². The van der Waals surface area contributed by atoms with Crippen molar-refractivity contribution in [1.82, 2.24) is 9.55 Å². The molecule has 7 nitrogen and oxygen atoms in total. The Bertz CT molecular complexity index is 1170. The molecule has 0 bridgehead atoms. The van der Waals surface area contributed by atoms with E-state index < -0.39 is 17.2 Å². The van der Waals surface area contributed by atoms with E-state index in [1.54, 1.807) is 48.8 Å². The first kappa shape index (κ1) is 20.8.